The van der Waals surface area contributed by atoms with Gasteiger partial charge in [0.15, 0.2) is 21.3 Å². The molecule has 0 amide bonds. The topological polar surface area (TPSA) is 89.9 Å². The summed E-state index contributed by atoms with van der Waals surface area (Å²) in [5.41, 5.74) is -0.420. The normalized spacial score (nSPS) is 14.8. The Bertz CT molecular complexity index is 675. The summed E-state index contributed by atoms with van der Waals surface area (Å²) in [5, 5.41) is 9.04. The highest BCUT2D eigenvalue weighted by atomic mass is 32.2. The third-order valence-electron chi connectivity index (χ3n) is 3.36. The van der Waals surface area contributed by atoms with Crippen LogP contribution in [0.2, 0.25) is 0 Å². The highest BCUT2D eigenvalue weighted by molar-refractivity contribution is 7.90. The maximum atomic E-state index is 12.2. The third kappa shape index (κ3) is 3.12. The van der Waals surface area contributed by atoms with Gasteiger partial charge in [-0.25, -0.2) is 8.42 Å². The van der Waals surface area contributed by atoms with E-state index in [1.807, 2.05) is 0 Å². The number of hydrogen-bond donors (Lipinski definition) is 1. The van der Waals surface area contributed by atoms with Gasteiger partial charge in [0.05, 0.1) is 6.42 Å². The average molecular weight is 314 g/mol. The van der Waals surface area contributed by atoms with Gasteiger partial charge >= 0.3 is 5.97 Å². The molecule has 1 heterocycles. The second-order valence-corrected chi connectivity index (χ2v) is 7.65. The molecule has 0 fully saturated rings. The molecule has 0 saturated carbocycles. The van der Waals surface area contributed by atoms with Gasteiger partial charge < -0.3 is 14.6 Å². The van der Waals surface area contributed by atoms with Crippen LogP contribution in [0.4, 0.5) is 0 Å². The summed E-state index contributed by atoms with van der Waals surface area (Å²) >= 11 is 0. The summed E-state index contributed by atoms with van der Waals surface area (Å²) in [4.78, 5) is 11.1. The molecule has 7 heteroatoms. The van der Waals surface area contributed by atoms with Crippen molar-refractivity contribution >= 4 is 15.8 Å². The Balaban J connectivity index is 2.70. The molecule has 0 spiro atoms. The van der Waals surface area contributed by atoms with Crippen molar-refractivity contribution in [3.8, 4) is 11.5 Å². The smallest absolute Gasteiger partial charge is 0.304 e. The van der Waals surface area contributed by atoms with Crippen molar-refractivity contribution in [3.63, 3.8) is 0 Å². The van der Waals surface area contributed by atoms with Gasteiger partial charge in [-0.1, -0.05) is 19.9 Å². The Kier molecular flexibility index (Phi) is 3.88. The molecule has 1 aliphatic heterocycles. The monoisotopic (exact) mass is 314 g/mol. The number of carboxylic acid groups (broad SMARTS) is 1. The van der Waals surface area contributed by atoms with E-state index in [1.54, 1.807) is 26.0 Å². The van der Waals surface area contributed by atoms with Crippen LogP contribution in [0.15, 0.2) is 17.0 Å². The summed E-state index contributed by atoms with van der Waals surface area (Å²) in [6.07, 6.45) is 0.899. The highest BCUT2D eigenvalue weighted by Gasteiger charge is 2.34. The van der Waals surface area contributed by atoms with Gasteiger partial charge in [-0.2, -0.15) is 0 Å². The molecule has 0 aromatic heterocycles. The van der Waals surface area contributed by atoms with Crippen molar-refractivity contribution in [1.82, 2.24) is 0 Å². The molecule has 116 valence electrons. The Morgan fingerprint density at radius 2 is 1.90 bits per heavy atom. The number of fused-ring (bicyclic) bond motifs is 1. The second-order valence-electron chi connectivity index (χ2n) is 5.69. The molecule has 21 heavy (non-hydrogen) atoms. The van der Waals surface area contributed by atoms with Crippen molar-refractivity contribution in [2.75, 3.05) is 19.5 Å². The maximum Gasteiger partial charge on any atom is 0.304 e. The molecule has 0 atom stereocenters. The highest BCUT2D eigenvalue weighted by Crippen LogP contribution is 2.43. The molecule has 2 rings (SSSR count). The fourth-order valence-electron chi connectivity index (χ4n) is 2.46. The number of sulfone groups is 1. The van der Waals surface area contributed by atoms with E-state index < -0.39 is 21.2 Å². The Hall–Kier alpha value is -1.76. The molecular weight excluding hydrogens is 296 g/mol. The zero-order valence-corrected chi connectivity index (χ0v) is 13.0. The number of benzene rings is 1. The van der Waals surface area contributed by atoms with E-state index in [9.17, 15) is 13.2 Å². The minimum absolute atomic E-state index is 0.0194. The fraction of sp³-hybridized carbons (Fsp3) is 0.500. The molecule has 6 nitrogen and oxygen atoms in total. The standard InChI is InChI=1S/C14H18O6S/c1-14(2,8-11(15)16)9-4-5-10-12(20-7-6-19-10)13(9)21(3,17)18/h4-5H,6-8H2,1-3H3,(H,15,16). The van der Waals surface area contributed by atoms with Gasteiger partial charge in [-0.15, -0.1) is 0 Å². The summed E-state index contributed by atoms with van der Waals surface area (Å²) in [7, 11) is -3.59. The van der Waals surface area contributed by atoms with E-state index in [1.165, 1.54) is 0 Å². The first kappa shape index (κ1) is 15.6. The van der Waals surface area contributed by atoms with E-state index >= 15 is 0 Å². The van der Waals surface area contributed by atoms with E-state index in [0.29, 0.717) is 17.9 Å². The molecule has 0 saturated heterocycles. The SMILES string of the molecule is CC(C)(CC(=O)O)c1ccc2c(c1S(C)(=O)=O)OCCO2. The summed E-state index contributed by atoms with van der Waals surface area (Å²) in [6.45, 7) is 4.01. The van der Waals surface area contributed by atoms with Gasteiger partial charge in [0.2, 0.25) is 0 Å². The molecule has 1 aromatic rings. The first-order chi connectivity index (χ1) is 9.63. The van der Waals surface area contributed by atoms with Crippen LogP contribution in [-0.4, -0.2) is 39.0 Å². The van der Waals surface area contributed by atoms with Crippen molar-refractivity contribution in [1.29, 1.82) is 0 Å². The zero-order valence-electron chi connectivity index (χ0n) is 12.2. The molecule has 1 N–H and O–H groups in total. The van der Waals surface area contributed by atoms with Gasteiger partial charge in [-0.3, -0.25) is 4.79 Å². The van der Waals surface area contributed by atoms with E-state index in [2.05, 4.69) is 0 Å². The summed E-state index contributed by atoms with van der Waals surface area (Å²) < 4.78 is 35.2. The van der Waals surface area contributed by atoms with Gasteiger partial charge in [-0.05, 0) is 11.6 Å². The number of aliphatic carboxylic acids is 1. The molecule has 1 aromatic carbocycles. The lowest BCUT2D eigenvalue weighted by molar-refractivity contribution is -0.138. The van der Waals surface area contributed by atoms with E-state index in [4.69, 9.17) is 14.6 Å². The van der Waals surface area contributed by atoms with Crippen LogP contribution in [0, 0.1) is 0 Å². The number of ether oxygens (including phenoxy) is 2. The number of rotatable bonds is 4. The zero-order chi connectivity index (χ0) is 15.8. The number of carboxylic acids is 1. The minimum atomic E-state index is -3.59. The number of hydrogen-bond acceptors (Lipinski definition) is 5. The van der Waals surface area contributed by atoms with E-state index in [-0.39, 0.29) is 23.7 Å². The van der Waals surface area contributed by atoms with Crippen LogP contribution >= 0.6 is 0 Å². The first-order valence-corrected chi connectivity index (χ1v) is 8.37. The molecule has 0 aliphatic carbocycles. The molecule has 1 aliphatic rings. The van der Waals surface area contributed by atoms with E-state index in [0.717, 1.165) is 6.26 Å². The van der Waals surface area contributed by atoms with Gasteiger partial charge in [0.25, 0.3) is 0 Å². The average Bonchev–Trinajstić information content (AvgIpc) is 2.34. The first-order valence-electron chi connectivity index (χ1n) is 6.48. The van der Waals surface area contributed by atoms with Crippen molar-refractivity contribution < 1.29 is 27.8 Å². The largest absolute Gasteiger partial charge is 0.486 e. The predicted molar refractivity (Wildman–Crippen MR) is 75.8 cm³/mol. The maximum absolute atomic E-state index is 12.2. The van der Waals surface area contributed by atoms with Gasteiger partial charge in [0.1, 0.15) is 18.1 Å². The fourth-order valence-corrected chi connectivity index (χ4v) is 3.70. The van der Waals surface area contributed by atoms with Crippen molar-refractivity contribution in [2.45, 2.75) is 30.6 Å². The molecule has 0 radical (unpaired) electrons. The van der Waals surface area contributed by atoms with Gasteiger partial charge in [0, 0.05) is 11.7 Å². The van der Waals surface area contributed by atoms with Crippen LogP contribution in [0.3, 0.4) is 0 Å². The van der Waals surface area contributed by atoms with Crippen LogP contribution in [0.25, 0.3) is 0 Å². The predicted octanol–water partition coefficient (Wildman–Crippen LogP) is 1.61. The lowest BCUT2D eigenvalue weighted by atomic mass is 9.81. The third-order valence-corrected chi connectivity index (χ3v) is 4.50. The number of carbonyl (C=O) groups is 1. The molecule has 0 bridgehead atoms. The molecule has 0 unspecified atom stereocenters. The second kappa shape index (κ2) is 5.22. The quantitative estimate of drug-likeness (QED) is 0.908. The summed E-state index contributed by atoms with van der Waals surface area (Å²) in [6, 6.07) is 3.23. The molecular formula is C14H18O6S. The Labute approximate surface area is 123 Å². The van der Waals surface area contributed by atoms with Crippen molar-refractivity contribution in [3.05, 3.63) is 17.7 Å². The van der Waals surface area contributed by atoms with Crippen LogP contribution in [0.5, 0.6) is 11.5 Å². The summed E-state index contributed by atoms with van der Waals surface area (Å²) in [5.74, 6) is -0.439. The Morgan fingerprint density at radius 1 is 1.29 bits per heavy atom. The van der Waals surface area contributed by atoms with Crippen LogP contribution < -0.4 is 9.47 Å². The van der Waals surface area contributed by atoms with Crippen LogP contribution in [-0.2, 0) is 20.0 Å². The van der Waals surface area contributed by atoms with Crippen molar-refractivity contribution in [2.24, 2.45) is 0 Å². The lowest BCUT2D eigenvalue weighted by Crippen LogP contribution is -2.26. The van der Waals surface area contributed by atoms with Crippen LogP contribution in [0.1, 0.15) is 25.8 Å². The lowest BCUT2D eigenvalue weighted by Gasteiger charge is -2.29. The minimum Gasteiger partial charge on any atom is -0.486 e. The Morgan fingerprint density at radius 3 is 2.48 bits per heavy atom.